The molecule has 19 heavy (non-hydrogen) atoms. The van der Waals surface area contributed by atoms with Crippen LogP contribution in [0.15, 0.2) is 52.1 Å². The Morgan fingerprint density at radius 3 is 2.58 bits per heavy atom. The van der Waals surface area contributed by atoms with E-state index in [-0.39, 0.29) is 5.78 Å². The lowest BCUT2D eigenvalue weighted by molar-refractivity contribution is 0.102. The molecule has 0 aliphatic rings. The Morgan fingerprint density at radius 2 is 2.00 bits per heavy atom. The van der Waals surface area contributed by atoms with Crippen molar-refractivity contribution >= 4 is 33.5 Å². The summed E-state index contributed by atoms with van der Waals surface area (Å²) in [5, 5.41) is 9.50. The molecule has 0 aliphatic heterocycles. The number of benzene rings is 1. The number of pyridine rings is 1. The Balaban J connectivity index is 1.97. The van der Waals surface area contributed by atoms with Crippen LogP contribution in [0, 0.1) is 11.3 Å². The van der Waals surface area contributed by atoms with Crippen LogP contribution in [0.2, 0.25) is 0 Å². The van der Waals surface area contributed by atoms with Gasteiger partial charge in [0.05, 0.1) is 22.4 Å². The second kappa shape index (κ2) is 6.50. The van der Waals surface area contributed by atoms with Crippen molar-refractivity contribution in [3.63, 3.8) is 0 Å². The summed E-state index contributed by atoms with van der Waals surface area (Å²) in [5.74, 6) is 0.361. The van der Waals surface area contributed by atoms with Gasteiger partial charge in [-0.05, 0) is 40.2 Å². The number of aromatic nitrogens is 1. The molecule has 0 saturated heterocycles. The summed E-state index contributed by atoms with van der Waals surface area (Å²) < 4.78 is 0.912. The fourth-order valence-electron chi connectivity index (χ4n) is 1.40. The molecule has 0 saturated carbocycles. The van der Waals surface area contributed by atoms with Crippen molar-refractivity contribution in [1.29, 1.82) is 5.26 Å². The Hall–Kier alpha value is -1.64. The highest BCUT2D eigenvalue weighted by Crippen LogP contribution is 2.19. The number of hydrogen-bond donors (Lipinski definition) is 0. The molecule has 0 radical (unpaired) electrons. The highest BCUT2D eigenvalue weighted by atomic mass is 79.9. The minimum Gasteiger partial charge on any atom is -0.293 e. The predicted molar refractivity (Wildman–Crippen MR) is 78.1 cm³/mol. The lowest BCUT2D eigenvalue weighted by atomic mass is 10.1. The number of ketones is 1. The Morgan fingerprint density at radius 1 is 1.26 bits per heavy atom. The molecular formula is C14H9BrN2OS. The number of carbonyl (C=O) groups is 1. The van der Waals surface area contributed by atoms with Crippen LogP contribution >= 0.6 is 27.7 Å². The molecule has 0 spiro atoms. The number of Topliss-reactive ketones (excluding diaryl/α,β-unsaturated/α-hetero) is 1. The molecule has 1 heterocycles. The summed E-state index contributed by atoms with van der Waals surface area (Å²) in [4.78, 5) is 16.1. The largest absolute Gasteiger partial charge is 0.293 e. The molecule has 0 fully saturated rings. The molecule has 0 unspecified atom stereocenters. The van der Waals surface area contributed by atoms with Crippen LogP contribution in [0.1, 0.15) is 15.9 Å². The van der Waals surface area contributed by atoms with Crippen molar-refractivity contribution in [2.75, 3.05) is 5.75 Å². The molecule has 0 amide bonds. The summed E-state index contributed by atoms with van der Waals surface area (Å²) in [5.41, 5.74) is 1.17. The van der Waals surface area contributed by atoms with E-state index in [4.69, 9.17) is 5.26 Å². The zero-order valence-corrected chi connectivity index (χ0v) is 12.2. The molecular weight excluding hydrogens is 324 g/mol. The van der Waals surface area contributed by atoms with Gasteiger partial charge in [-0.2, -0.15) is 5.26 Å². The lowest BCUT2D eigenvalue weighted by Crippen LogP contribution is -2.02. The standard InChI is InChI=1S/C14H9BrN2OS/c15-12-5-6-14(17-8-12)19-9-13(18)11-3-1-10(7-16)2-4-11/h1-6,8H,9H2. The normalized spacial score (nSPS) is 9.89. The molecule has 3 nitrogen and oxygen atoms in total. The van der Waals surface area contributed by atoms with Crippen molar-refractivity contribution in [3.05, 3.63) is 58.2 Å². The molecule has 5 heteroatoms. The SMILES string of the molecule is N#Cc1ccc(C(=O)CSc2ccc(Br)cn2)cc1. The summed E-state index contributed by atoms with van der Waals surface area (Å²) in [7, 11) is 0. The van der Waals surface area contributed by atoms with Crippen LogP contribution in [0.4, 0.5) is 0 Å². The maximum absolute atomic E-state index is 11.9. The van der Waals surface area contributed by atoms with E-state index >= 15 is 0 Å². The Labute approximate surface area is 123 Å². The van der Waals surface area contributed by atoms with Gasteiger partial charge in [0.25, 0.3) is 0 Å². The van der Waals surface area contributed by atoms with Gasteiger partial charge in [0.1, 0.15) is 0 Å². The van der Waals surface area contributed by atoms with E-state index < -0.39 is 0 Å². The van der Waals surface area contributed by atoms with Gasteiger partial charge >= 0.3 is 0 Å². The second-order valence-corrected chi connectivity index (χ2v) is 5.63. The monoisotopic (exact) mass is 332 g/mol. The van der Waals surface area contributed by atoms with Crippen LogP contribution in [0.25, 0.3) is 0 Å². The van der Waals surface area contributed by atoms with Gasteiger partial charge < -0.3 is 0 Å². The first-order valence-electron chi connectivity index (χ1n) is 5.47. The lowest BCUT2D eigenvalue weighted by Gasteiger charge is -2.01. The van der Waals surface area contributed by atoms with Gasteiger partial charge in [0.15, 0.2) is 5.78 Å². The number of rotatable bonds is 4. The van der Waals surface area contributed by atoms with Gasteiger partial charge in [-0.15, -0.1) is 0 Å². The molecule has 2 aromatic rings. The third-order valence-corrected chi connectivity index (χ3v) is 3.80. The smallest absolute Gasteiger partial charge is 0.173 e. The molecule has 1 aromatic carbocycles. The third kappa shape index (κ3) is 3.91. The summed E-state index contributed by atoms with van der Waals surface area (Å²) in [6, 6.07) is 12.4. The minimum absolute atomic E-state index is 0.0270. The van der Waals surface area contributed by atoms with Crippen molar-refractivity contribution in [2.45, 2.75) is 5.03 Å². The fourth-order valence-corrected chi connectivity index (χ4v) is 2.37. The van der Waals surface area contributed by atoms with Gasteiger partial charge in [-0.3, -0.25) is 4.79 Å². The van der Waals surface area contributed by atoms with Gasteiger partial charge in [-0.1, -0.05) is 23.9 Å². The minimum atomic E-state index is 0.0270. The fraction of sp³-hybridized carbons (Fsp3) is 0.0714. The number of thioether (sulfide) groups is 1. The van der Waals surface area contributed by atoms with E-state index in [1.165, 1.54) is 11.8 Å². The second-order valence-electron chi connectivity index (χ2n) is 3.72. The average Bonchev–Trinajstić information content (AvgIpc) is 2.46. The van der Waals surface area contributed by atoms with Crippen LogP contribution in [0.3, 0.4) is 0 Å². The molecule has 94 valence electrons. The number of nitrogens with zero attached hydrogens (tertiary/aromatic N) is 2. The van der Waals surface area contributed by atoms with Crippen LogP contribution in [-0.2, 0) is 0 Å². The first-order valence-corrected chi connectivity index (χ1v) is 7.24. The summed E-state index contributed by atoms with van der Waals surface area (Å²) in [6.45, 7) is 0. The quantitative estimate of drug-likeness (QED) is 0.632. The molecule has 0 N–H and O–H groups in total. The number of halogens is 1. The molecule has 0 bridgehead atoms. The van der Waals surface area contributed by atoms with Crippen molar-refractivity contribution < 1.29 is 4.79 Å². The Bertz CT molecular complexity index is 617. The number of hydrogen-bond acceptors (Lipinski definition) is 4. The predicted octanol–water partition coefficient (Wildman–Crippen LogP) is 3.69. The zero-order chi connectivity index (χ0) is 13.7. The van der Waals surface area contributed by atoms with E-state index in [0.29, 0.717) is 16.9 Å². The maximum Gasteiger partial charge on any atom is 0.173 e. The van der Waals surface area contributed by atoms with Crippen molar-refractivity contribution in [1.82, 2.24) is 4.98 Å². The zero-order valence-electron chi connectivity index (χ0n) is 9.84. The van der Waals surface area contributed by atoms with E-state index in [0.717, 1.165) is 9.50 Å². The van der Waals surface area contributed by atoms with E-state index in [2.05, 4.69) is 20.9 Å². The molecule has 0 aliphatic carbocycles. The van der Waals surface area contributed by atoms with Gasteiger partial charge in [0, 0.05) is 16.2 Å². The van der Waals surface area contributed by atoms with E-state index in [1.807, 2.05) is 18.2 Å². The highest BCUT2D eigenvalue weighted by Gasteiger charge is 2.07. The molecule has 0 atom stereocenters. The van der Waals surface area contributed by atoms with Crippen molar-refractivity contribution in [3.8, 4) is 6.07 Å². The average molecular weight is 333 g/mol. The third-order valence-electron chi connectivity index (χ3n) is 2.39. The van der Waals surface area contributed by atoms with Crippen molar-refractivity contribution in [2.24, 2.45) is 0 Å². The van der Waals surface area contributed by atoms with Gasteiger partial charge in [0.2, 0.25) is 0 Å². The molecule has 2 rings (SSSR count). The number of nitriles is 1. The van der Waals surface area contributed by atoms with E-state index in [1.54, 1.807) is 30.5 Å². The van der Waals surface area contributed by atoms with Gasteiger partial charge in [-0.25, -0.2) is 4.98 Å². The maximum atomic E-state index is 11.9. The summed E-state index contributed by atoms with van der Waals surface area (Å²) >= 11 is 4.71. The van der Waals surface area contributed by atoms with Crippen LogP contribution in [-0.4, -0.2) is 16.5 Å². The van der Waals surface area contributed by atoms with Crippen LogP contribution < -0.4 is 0 Å². The highest BCUT2D eigenvalue weighted by molar-refractivity contribution is 9.10. The van der Waals surface area contributed by atoms with Crippen LogP contribution in [0.5, 0.6) is 0 Å². The topological polar surface area (TPSA) is 53.8 Å². The summed E-state index contributed by atoms with van der Waals surface area (Å²) in [6.07, 6.45) is 1.70. The number of carbonyl (C=O) groups excluding carboxylic acids is 1. The molecule has 1 aromatic heterocycles. The van der Waals surface area contributed by atoms with E-state index in [9.17, 15) is 4.79 Å². The first kappa shape index (κ1) is 13.8. The first-order chi connectivity index (χ1) is 9.19. The Kier molecular flexibility index (Phi) is 4.72.